The van der Waals surface area contributed by atoms with E-state index in [9.17, 15) is 4.79 Å². The van der Waals surface area contributed by atoms with E-state index in [1.165, 1.54) is 0 Å². The lowest BCUT2D eigenvalue weighted by molar-refractivity contribution is 0.0762. The largest absolute Gasteiger partial charge is 0.396 e. The second-order valence-corrected chi connectivity index (χ2v) is 9.41. The molecular formula is C26H33N7O3. The highest BCUT2D eigenvalue weighted by molar-refractivity contribution is 6.01. The molecule has 1 aliphatic rings. The van der Waals surface area contributed by atoms with Crippen LogP contribution in [0.4, 0.5) is 5.82 Å². The van der Waals surface area contributed by atoms with Gasteiger partial charge in [-0.1, -0.05) is 0 Å². The first kappa shape index (κ1) is 24.2. The summed E-state index contributed by atoms with van der Waals surface area (Å²) in [5, 5.41) is 20.7. The van der Waals surface area contributed by atoms with Crippen LogP contribution in [0.25, 0.3) is 27.9 Å². The van der Waals surface area contributed by atoms with E-state index in [0.717, 1.165) is 47.4 Å². The van der Waals surface area contributed by atoms with Crippen molar-refractivity contribution in [1.29, 1.82) is 0 Å². The lowest BCUT2D eigenvalue weighted by atomic mass is 10.1. The highest BCUT2D eigenvalue weighted by Crippen LogP contribution is 2.38. The summed E-state index contributed by atoms with van der Waals surface area (Å²) in [4.78, 5) is 22.7. The number of hydrogen-bond donors (Lipinski definition) is 3. The lowest BCUT2D eigenvalue weighted by Crippen LogP contribution is -2.32. The number of aliphatic hydroxyl groups excluding tert-OH is 1. The minimum atomic E-state index is -0.236. The number of pyridine rings is 1. The summed E-state index contributed by atoms with van der Waals surface area (Å²) >= 11 is 0. The van der Waals surface area contributed by atoms with Gasteiger partial charge in [0.2, 0.25) is 0 Å². The predicted molar refractivity (Wildman–Crippen MR) is 138 cm³/mol. The van der Waals surface area contributed by atoms with Gasteiger partial charge in [0.1, 0.15) is 17.0 Å². The van der Waals surface area contributed by atoms with Crippen molar-refractivity contribution in [2.75, 3.05) is 26.1 Å². The van der Waals surface area contributed by atoms with Gasteiger partial charge in [-0.2, -0.15) is 9.61 Å². The molecule has 0 radical (unpaired) electrons. The molecule has 10 nitrogen and oxygen atoms in total. The summed E-state index contributed by atoms with van der Waals surface area (Å²) in [6, 6.07) is 6.07. The Kier molecular flexibility index (Phi) is 6.88. The molecule has 1 fully saturated rings. The van der Waals surface area contributed by atoms with Gasteiger partial charge in [0, 0.05) is 56.2 Å². The fraction of sp³-hybridized carbons (Fsp3) is 0.462. The number of carbonyl (C=O) groups excluding carboxylic acids is 1. The number of carbonyl (C=O) groups is 1. The summed E-state index contributed by atoms with van der Waals surface area (Å²) in [7, 11) is 3.60. The van der Waals surface area contributed by atoms with Crippen molar-refractivity contribution in [3.8, 4) is 11.3 Å². The Bertz CT molecular complexity index is 1380. The Labute approximate surface area is 209 Å². The molecule has 4 aromatic rings. The number of amides is 1. The molecule has 1 unspecified atom stereocenters. The summed E-state index contributed by atoms with van der Waals surface area (Å²) in [5.41, 5.74) is 3.46. The molecule has 190 valence electrons. The molecule has 36 heavy (non-hydrogen) atoms. The first-order valence-electron chi connectivity index (χ1n) is 12.5. The molecule has 5 rings (SSSR count). The van der Waals surface area contributed by atoms with E-state index in [2.05, 4.69) is 32.6 Å². The van der Waals surface area contributed by atoms with Gasteiger partial charge >= 0.3 is 0 Å². The number of aliphatic hydroxyl groups is 1. The van der Waals surface area contributed by atoms with Crippen LogP contribution in [0.5, 0.6) is 0 Å². The van der Waals surface area contributed by atoms with E-state index in [0.29, 0.717) is 24.1 Å². The number of anilines is 1. The molecule has 4 heterocycles. The third kappa shape index (κ3) is 4.31. The quantitative estimate of drug-likeness (QED) is 0.328. The Morgan fingerprint density at radius 1 is 1.33 bits per heavy atom. The van der Waals surface area contributed by atoms with Crippen LogP contribution in [0.2, 0.25) is 0 Å². The maximum absolute atomic E-state index is 13.1. The summed E-state index contributed by atoms with van der Waals surface area (Å²) in [6.45, 7) is 2.02. The van der Waals surface area contributed by atoms with Crippen molar-refractivity contribution >= 4 is 28.4 Å². The van der Waals surface area contributed by atoms with Crippen molar-refractivity contribution < 1.29 is 14.6 Å². The molecule has 1 saturated carbocycles. The minimum absolute atomic E-state index is 0.0734. The number of nitrogens with zero attached hydrogens (tertiary/aromatic N) is 5. The van der Waals surface area contributed by atoms with Crippen molar-refractivity contribution in [3.05, 3.63) is 42.4 Å². The van der Waals surface area contributed by atoms with Gasteiger partial charge in [-0.05, 0) is 51.2 Å². The Morgan fingerprint density at radius 2 is 2.19 bits per heavy atom. The van der Waals surface area contributed by atoms with E-state index in [4.69, 9.17) is 19.8 Å². The first-order valence-corrected chi connectivity index (χ1v) is 12.5. The van der Waals surface area contributed by atoms with E-state index in [1.807, 2.05) is 32.3 Å². The SMILES string of the molecule is CNc1cc(-c2cn([C@@H]3CCC[C@H]3OC)c3ncccc23)nc2c(C(=O)NC(C)CCCO)cnn12. The van der Waals surface area contributed by atoms with Gasteiger partial charge in [0.05, 0.1) is 24.0 Å². The zero-order valence-electron chi connectivity index (χ0n) is 20.9. The van der Waals surface area contributed by atoms with Crippen LogP contribution in [0.1, 0.15) is 55.4 Å². The number of fused-ring (bicyclic) bond motifs is 2. The minimum Gasteiger partial charge on any atom is -0.396 e. The molecule has 0 bridgehead atoms. The normalized spacial score (nSPS) is 18.7. The number of ether oxygens (including phenoxy) is 1. The molecule has 0 saturated heterocycles. The first-order chi connectivity index (χ1) is 17.5. The summed E-state index contributed by atoms with van der Waals surface area (Å²) < 4.78 is 9.65. The zero-order chi connectivity index (χ0) is 25.2. The van der Waals surface area contributed by atoms with Gasteiger partial charge in [0.25, 0.3) is 5.91 Å². The molecule has 3 N–H and O–H groups in total. The van der Waals surface area contributed by atoms with Crippen molar-refractivity contribution in [2.45, 2.75) is 57.2 Å². The molecular weight excluding hydrogens is 458 g/mol. The number of nitrogens with one attached hydrogen (secondary N) is 2. The van der Waals surface area contributed by atoms with Crippen LogP contribution in [-0.4, -0.2) is 68.1 Å². The number of aromatic nitrogens is 5. The topological polar surface area (TPSA) is 119 Å². The summed E-state index contributed by atoms with van der Waals surface area (Å²) in [5.74, 6) is 0.489. The van der Waals surface area contributed by atoms with Crippen molar-refractivity contribution in [2.24, 2.45) is 0 Å². The molecule has 10 heteroatoms. The van der Waals surface area contributed by atoms with E-state index in [1.54, 1.807) is 17.8 Å². The second-order valence-electron chi connectivity index (χ2n) is 9.41. The molecule has 4 aromatic heterocycles. The molecule has 1 amide bonds. The maximum Gasteiger partial charge on any atom is 0.256 e. The zero-order valence-corrected chi connectivity index (χ0v) is 20.9. The van der Waals surface area contributed by atoms with E-state index >= 15 is 0 Å². The molecule has 1 aliphatic carbocycles. The van der Waals surface area contributed by atoms with Gasteiger partial charge in [-0.3, -0.25) is 4.79 Å². The third-order valence-corrected chi connectivity index (χ3v) is 7.09. The lowest BCUT2D eigenvalue weighted by Gasteiger charge is -2.20. The Balaban J connectivity index is 1.60. The van der Waals surface area contributed by atoms with Crippen LogP contribution in [0.3, 0.4) is 0 Å². The van der Waals surface area contributed by atoms with E-state index < -0.39 is 0 Å². The third-order valence-electron chi connectivity index (χ3n) is 7.09. The fourth-order valence-corrected chi connectivity index (χ4v) is 5.25. The van der Waals surface area contributed by atoms with Crippen LogP contribution >= 0.6 is 0 Å². The predicted octanol–water partition coefficient (Wildman–Crippen LogP) is 3.42. The monoisotopic (exact) mass is 491 g/mol. The number of rotatable bonds is 9. The molecule has 0 spiro atoms. The maximum atomic E-state index is 13.1. The summed E-state index contributed by atoms with van der Waals surface area (Å²) in [6.07, 6.45) is 10.1. The number of hydrogen-bond acceptors (Lipinski definition) is 7. The van der Waals surface area contributed by atoms with Gasteiger partial charge in [-0.25, -0.2) is 9.97 Å². The van der Waals surface area contributed by atoms with Gasteiger partial charge in [0.15, 0.2) is 5.65 Å². The van der Waals surface area contributed by atoms with Gasteiger partial charge < -0.3 is 25.0 Å². The molecule has 0 aromatic carbocycles. The Morgan fingerprint density at radius 3 is 2.97 bits per heavy atom. The smallest absolute Gasteiger partial charge is 0.256 e. The van der Waals surface area contributed by atoms with Crippen LogP contribution in [-0.2, 0) is 4.74 Å². The molecule has 0 aliphatic heterocycles. The molecule has 3 atom stereocenters. The fourth-order valence-electron chi connectivity index (χ4n) is 5.25. The van der Waals surface area contributed by atoms with Crippen LogP contribution in [0.15, 0.2) is 36.8 Å². The highest BCUT2D eigenvalue weighted by atomic mass is 16.5. The second kappa shape index (κ2) is 10.2. The standard InChI is InChI=1S/C26H33N7O3/c1-16(7-6-12-34)30-26(35)18-14-29-33-23(27-2)13-20(31-25(18)33)19-15-32(21-9-4-10-22(21)36-3)24-17(19)8-5-11-28-24/h5,8,11,13-16,21-22,27,34H,4,6-7,9-10,12H2,1-3H3,(H,30,35)/t16?,21-,22-/m1/s1. The average molecular weight is 492 g/mol. The van der Waals surface area contributed by atoms with Gasteiger partial charge in [-0.15, -0.1) is 0 Å². The van der Waals surface area contributed by atoms with Crippen LogP contribution < -0.4 is 10.6 Å². The average Bonchev–Trinajstić information content (AvgIpc) is 3.63. The van der Waals surface area contributed by atoms with E-state index in [-0.39, 0.29) is 30.7 Å². The Hall–Kier alpha value is -3.50. The van der Waals surface area contributed by atoms with Crippen molar-refractivity contribution in [3.63, 3.8) is 0 Å². The van der Waals surface area contributed by atoms with Crippen LogP contribution in [0, 0.1) is 0 Å². The number of methoxy groups -OCH3 is 1. The highest BCUT2D eigenvalue weighted by Gasteiger charge is 2.31. The van der Waals surface area contributed by atoms with Crippen molar-refractivity contribution in [1.82, 2.24) is 29.5 Å².